The van der Waals surface area contributed by atoms with Crippen LogP contribution in [-0.4, -0.2) is 30.4 Å². The van der Waals surface area contributed by atoms with Crippen LogP contribution in [0, 0.1) is 0 Å². The van der Waals surface area contributed by atoms with E-state index in [0.29, 0.717) is 17.9 Å². The van der Waals surface area contributed by atoms with E-state index in [9.17, 15) is 14.4 Å². The minimum Gasteiger partial charge on any atom is -0.480 e. The van der Waals surface area contributed by atoms with Gasteiger partial charge in [0.25, 0.3) is 5.91 Å². The highest BCUT2D eigenvalue weighted by Crippen LogP contribution is 2.40. The van der Waals surface area contributed by atoms with Crippen molar-refractivity contribution < 1.29 is 19.1 Å². The van der Waals surface area contributed by atoms with E-state index in [1.54, 1.807) is 18.2 Å². The number of nitrogens with zero attached hydrogens (tertiary/aromatic N) is 1. The molecule has 7 heteroatoms. The van der Waals surface area contributed by atoms with Crippen molar-refractivity contribution in [3.05, 3.63) is 22.7 Å². The second-order valence-electron chi connectivity index (χ2n) is 4.61. The fourth-order valence-electron chi connectivity index (χ4n) is 2.44. The number of carbonyl (C=O) groups is 3. The molecule has 2 aliphatic rings. The number of benzene rings is 1. The Bertz CT molecular complexity index is 616. The highest BCUT2D eigenvalue weighted by molar-refractivity contribution is 9.10. The summed E-state index contributed by atoms with van der Waals surface area (Å²) in [6.07, 6.45) is 0.548. The zero-order valence-electron chi connectivity index (χ0n) is 10.4. The Hall–Kier alpha value is -1.89. The molecule has 2 heterocycles. The summed E-state index contributed by atoms with van der Waals surface area (Å²) in [6.45, 7) is -0.118. The molecule has 0 aliphatic carbocycles. The van der Waals surface area contributed by atoms with Crippen LogP contribution in [0.3, 0.4) is 0 Å². The van der Waals surface area contributed by atoms with E-state index in [-0.39, 0.29) is 24.8 Å². The highest BCUT2D eigenvalue weighted by Gasteiger charge is 2.39. The van der Waals surface area contributed by atoms with Crippen molar-refractivity contribution in [2.24, 2.45) is 0 Å². The number of anilines is 1. The standard InChI is InChI=1S/C13H11BrN2O4/c14-7-2-1-3-8-12(7)20-6-11(18)16(8)9-4-5-10(17)15-13(9)19/h1-3,9H,4-6H2,(H,15,17,19). The average Bonchev–Trinajstić information content (AvgIpc) is 2.40. The number of imide groups is 1. The lowest BCUT2D eigenvalue weighted by Crippen LogP contribution is -2.56. The van der Waals surface area contributed by atoms with Crippen LogP contribution in [0.25, 0.3) is 0 Å². The summed E-state index contributed by atoms with van der Waals surface area (Å²) in [7, 11) is 0. The molecule has 3 rings (SSSR count). The monoisotopic (exact) mass is 338 g/mol. The van der Waals surface area contributed by atoms with E-state index in [1.165, 1.54) is 4.90 Å². The van der Waals surface area contributed by atoms with Gasteiger partial charge in [0.05, 0.1) is 10.2 Å². The number of rotatable bonds is 1. The SMILES string of the molecule is O=C1CCC(N2C(=O)COc3c(Br)cccc32)C(=O)N1. The fraction of sp³-hybridized carbons (Fsp3) is 0.308. The number of hydrogen-bond acceptors (Lipinski definition) is 4. The Balaban J connectivity index is 2.01. The third-order valence-corrected chi connectivity index (χ3v) is 3.96. The Morgan fingerprint density at radius 2 is 2.10 bits per heavy atom. The molecule has 20 heavy (non-hydrogen) atoms. The molecular formula is C13H11BrN2O4. The molecule has 6 nitrogen and oxygen atoms in total. The molecule has 0 bridgehead atoms. The molecule has 1 N–H and O–H groups in total. The van der Waals surface area contributed by atoms with Gasteiger partial charge >= 0.3 is 0 Å². The molecule has 0 radical (unpaired) electrons. The van der Waals surface area contributed by atoms with Gasteiger partial charge in [-0.1, -0.05) is 6.07 Å². The quantitative estimate of drug-likeness (QED) is 0.774. The molecule has 1 aromatic rings. The van der Waals surface area contributed by atoms with Gasteiger partial charge in [-0.2, -0.15) is 0 Å². The number of piperidine rings is 1. The molecule has 1 saturated heterocycles. The topological polar surface area (TPSA) is 75.7 Å². The summed E-state index contributed by atoms with van der Waals surface area (Å²) < 4.78 is 6.13. The van der Waals surface area contributed by atoms with Gasteiger partial charge in [-0.15, -0.1) is 0 Å². The van der Waals surface area contributed by atoms with Crippen LogP contribution >= 0.6 is 15.9 Å². The van der Waals surface area contributed by atoms with Gasteiger partial charge in [-0.05, 0) is 34.5 Å². The summed E-state index contributed by atoms with van der Waals surface area (Å²) in [6, 6.07) is 4.62. The van der Waals surface area contributed by atoms with Crippen LogP contribution in [0.2, 0.25) is 0 Å². The van der Waals surface area contributed by atoms with Crippen molar-refractivity contribution in [2.45, 2.75) is 18.9 Å². The minimum atomic E-state index is -0.669. The van der Waals surface area contributed by atoms with E-state index in [1.807, 2.05) is 0 Å². The van der Waals surface area contributed by atoms with Crippen molar-refractivity contribution >= 4 is 39.3 Å². The highest BCUT2D eigenvalue weighted by atomic mass is 79.9. The molecule has 3 amide bonds. The maximum absolute atomic E-state index is 12.1. The molecule has 0 spiro atoms. The predicted octanol–water partition coefficient (Wildman–Crippen LogP) is 0.980. The third-order valence-electron chi connectivity index (χ3n) is 3.34. The van der Waals surface area contributed by atoms with Crippen molar-refractivity contribution in [1.82, 2.24) is 5.32 Å². The number of amides is 3. The number of ether oxygens (including phenoxy) is 1. The first kappa shape index (κ1) is 13.1. The Labute approximate surface area is 123 Å². The summed E-state index contributed by atoms with van der Waals surface area (Å²) >= 11 is 3.36. The predicted molar refractivity (Wildman–Crippen MR) is 73.3 cm³/mol. The first-order valence-electron chi connectivity index (χ1n) is 6.15. The molecular weight excluding hydrogens is 328 g/mol. The van der Waals surface area contributed by atoms with Gasteiger partial charge < -0.3 is 4.74 Å². The van der Waals surface area contributed by atoms with E-state index in [2.05, 4.69) is 21.2 Å². The molecule has 104 valence electrons. The molecule has 0 saturated carbocycles. The lowest BCUT2D eigenvalue weighted by atomic mass is 10.0. The third kappa shape index (κ3) is 2.07. The molecule has 0 aromatic heterocycles. The zero-order chi connectivity index (χ0) is 14.3. The normalized spacial score (nSPS) is 22.1. The van der Waals surface area contributed by atoms with Gasteiger partial charge in [0.15, 0.2) is 12.4 Å². The molecule has 1 unspecified atom stereocenters. The number of hydrogen-bond donors (Lipinski definition) is 1. The van der Waals surface area contributed by atoms with Crippen LogP contribution < -0.4 is 15.0 Å². The molecule has 1 aromatic carbocycles. The van der Waals surface area contributed by atoms with Crippen LogP contribution in [0.4, 0.5) is 5.69 Å². The van der Waals surface area contributed by atoms with Gasteiger partial charge in [0.1, 0.15) is 6.04 Å². The van der Waals surface area contributed by atoms with Crippen molar-refractivity contribution in [3.63, 3.8) is 0 Å². The smallest absolute Gasteiger partial charge is 0.265 e. The van der Waals surface area contributed by atoms with Gasteiger partial charge in [0, 0.05) is 6.42 Å². The number of nitrogens with one attached hydrogen (secondary N) is 1. The zero-order valence-corrected chi connectivity index (χ0v) is 12.0. The van der Waals surface area contributed by atoms with E-state index in [0.717, 1.165) is 4.47 Å². The van der Waals surface area contributed by atoms with Crippen molar-refractivity contribution in [3.8, 4) is 5.75 Å². The number of para-hydroxylation sites is 1. The van der Waals surface area contributed by atoms with Gasteiger partial charge in [0.2, 0.25) is 11.8 Å². The van der Waals surface area contributed by atoms with E-state index < -0.39 is 11.9 Å². The summed E-state index contributed by atoms with van der Waals surface area (Å²) in [5.41, 5.74) is 0.546. The molecule has 2 aliphatic heterocycles. The first-order chi connectivity index (χ1) is 9.58. The number of fused-ring (bicyclic) bond motifs is 1. The minimum absolute atomic E-state index is 0.118. The summed E-state index contributed by atoms with van der Waals surface area (Å²) in [5, 5.41) is 2.27. The lowest BCUT2D eigenvalue weighted by molar-refractivity contribution is -0.136. The summed E-state index contributed by atoms with van der Waals surface area (Å²) in [4.78, 5) is 36.7. The fourth-order valence-corrected chi connectivity index (χ4v) is 2.91. The van der Waals surface area contributed by atoms with Crippen LogP contribution in [0.5, 0.6) is 5.75 Å². The van der Waals surface area contributed by atoms with Crippen molar-refractivity contribution in [2.75, 3.05) is 11.5 Å². The van der Waals surface area contributed by atoms with Crippen LogP contribution in [0.15, 0.2) is 22.7 Å². The second kappa shape index (κ2) is 4.90. The van der Waals surface area contributed by atoms with Crippen LogP contribution in [0.1, 0.15) is 12.8 Å². The van der Waals surface area contributed by atoms with E-state index >= 15 is 0 Å². The summed E-state index contributed by atoms with van der Waals surface area (Å²) in [5.74, 6) is -0.495. The average molecular weight is 339 g/mol. The second-order valence-corrected chi connectivity index (χ2v) is 5.46. The number of carbonyl (C=O) groups excluding carboxylic acids is 3. The largest absolute Gasteiger partial charge is 0.480 e. The first-order valence-corrected chi connectivity index (χ1v) is 6.94. The Morgan fingerprint density at radius 3 is 2.85 bits per heavy atom. The van der Waals surface area contributed by atoms with E-state index in [4.69, 9.17) is 4.74 Å². The van der Waals surface area contributed by atoms with Gasteiger partial charge in [-0.3, -0.25) is 24.6 Å². The lowest BCUT2D eigenvalue weighted by Gasteiger charge is -2.36. The maximum atomic E-state index is 12.1. The molecule has 1 atom stereocenters. The van der Waals surface area contributed by atoms with Gasteiger partial charge in [-0.25, -0.2) is 0 Å². The Morgan fingerprint density at radius 1 is 1.30 bits per heavy atom. The molecule has 1 fully saturated rings. The Kier molecular flexibility index (Phi) is 3.21. The number of halogens is 1. The van der Waals surface area contributed by atoms with Crippen molar-refractivity contribution in [1.29, 1.82) is 0 Å². The maximum Gasteiger partial charge on any atom is 0.265 e. The van der Waals surface area contributed by atoms with Crippen LogP contribution in [-0.2, 0) is 14.4 Å².